The summed E-state index contributed by atoms with van der Waals surface area (Å²) in [6.07, 6.45) is 8.14. The van der Waals surface area contributed by atoms with Gasteiger partial charge >= 0.3 is 5.97 Å². The Labute approximate surface area is 121 Å². The van der Waals surface area contributed by atoms with Crippen LogP contribution in [0.4, 0.5) is 0 Å². The lowest BCUT2D eigenvalue weighted by Gasteiger charge is -2.45. The molecule has 0 spiro atoms. The van der Waals surface area contributed by atoms with Gasteiger partial charge in [0.1, 0.15) is 0 Å². The molecule has 2 unspecified atom stereocenters. The second-order valence-corrected chi connectivity index (χ2v) is 7.03. The Hall–Kier alpha value is -0.610. The zero-order chi connectivity index (χ0) is 14.0. The third-order valence-corrected chi connectivity index (χ3v) is 5.81. The van der Waals surface area contributed by atoms with Crippen molar-refractivity contribution in [3.8, 4) is 0 Å². The molecule has 2 saturated heterocycles. The lowest BCUT2D eigenvalue weighted by Crippen LogP contribution is -2.51. The van der Waals surface area contributed by atoms with Gasteiger partial charge in [0.25, 0.3) is 0 Å². The number of fused-ring (bicyclic) bond motifs is 1. The highest BCUT2D eigenvalue weighted by Gasteiger charge is 2.43. The first-order chi connectivity index (χ1) is 9.70. The molecular weight excluding hydrogens is 254 g/mol. The monoisotopic (exact) mass is 281 g/mol. The fraction of sp³-hybridized carbons (Fsp3) is 0.938. The zero-order valence-corrected chi connectivity index (χ0v) is 12.4. The Morgan fingerprint density at radius 1 is 1.15 bits per heavy atom. The highest BCUT2D eigenvalue weighted by atomic mass is 16.5. The maximum atomic E-state index is 11.8. The van der Waals surface area contributed by atoms with Gasteiger partial charge in [-0.1, -0.05) is 19.3 Å². The fourth-order valence-corrected chi connectivity index (χ4v) is 4.45. The number of carbonyl (C=O) groups is 1. The first-order valence-corrected chi connectivity index (χ1v) is 8.23. The summed E-state index contributed by atoms with van der Waals surface area (Å²) in [5.74, 6) is 1.12. The van der Waals surface area contributed by atoms with E-state index in [-0.39, 0.29) is 0 Å². The van der Waals surface area contributed by atoms with Crippen molar-refractivity contribution >= 4 is 5.97 Å². The molecule has 0 bridgehead atoms. The minimum Gasteiger partial charge on any atom is -0.481 e. The zero-order valence-electron chi connectivity index (χ0n) is 12.4. The molecule has 2 atom stereocenters. The minimum absolute atomic E-state index is 0.556. The van der Waals surface area contributed by atoms with Crippen LogP contribution in [0.2, 0.25) is 0 Å². The Balaban J connectivity index is 1.62. The van der Waals surface area contributed by atoms with Crippen molar-refractivity contribution in [3.05, 3.63) is 0 Å². The van der Waals surface area contributed by atoms with Gasteiger partial charge in [0, 0.05) is 26.3 Å². The molecule has 3 fully saturated rings. The van der Waals surface area contributed by atoms with Crippen molar-refractivity contribution in [2.75, 3.05) is 32.8 Å². The average Bonchev–Trinajstić information content (AvgIpc) is 2.48. The van der Waals surface area contributed by atoms with E-state index in [1.165, 1.54) is 32.1 Å². The summed E-state index contributed by atoms with van der Waals surface area (Å²) in [5.41, 5.74) is -0.556. The Kier molecular flexibility index (Phi) is 4.32. The highest BCUT2D eigenvalue weighted by molar-refractivity contribution is 5.75. The number of aliphatic carboxylic acids is 1. The summed E-state index contributed by atoms with van der Waals surface area (Å²) in [6.45, 7) is 4.16. The molecule has 0 aromatic rings. The Morgan fingerprint density at radius 2 is 1.85 bits per heavy atom. The van der Waals surface area contributed by atoms with E-state index in [0.717, 1.165) is 31.5 Å². The van der Waals surface area contributed by atoms with Crippen LogP contribution < -0.4 is 0 Å². The summed E-state index contributed by atoms with van der Waals surface area (Å²) in [4.78, 5) is 14.2. The van der Waals surface area contributed by atoms with Crippen molar-refractivity contribution < 1.29 is 14.6 Å². The molecule has 0 aromatic carbocycles. The molecule has 2 heterocycles. The van der Waals surface area contributed by atoms with Gasteiger partial charge in [0.15, 0.2) is 0 Å². The van der Waals surface area contributed by atoms with Crippen LogP contribution in [-0.4, -0.2) is 48.8 Å². The van der Waals surface area contributed by atoms with E-state index in [0.29, 0.717) is 26.1 Å². The van der Waals surface area contributed by atoms with E-state index in [4.69, 9.17) is 4.74 Å². The molecule has 1 aliphatic carbocycles. The van der Waals surface area contributed by atoms with E-state index in [1.807, 2.05) is 0 Å². The van der Waals surface area contributed by atoms with Crippen molar-refractivity contribution in [2.24, 2.45) is 17.3 Å². The summed E-state index contributed by atoms with van der Waals surface area (Å²) < 4.78 is 5.37. The predicted octanol–water partition coefficient (Wildman–Crippen LogP) is 2.38. The maximum absolute atomic E-state index is 11.8. The molecule has 2 aliphatic heterocycles. The summed E-state index contributed by atoms with van der Waals surface area (Å²) in [6, 6.07) is 0. The normalized spacial score (nSPS) is 34.4. The standard InChI is InChI=1S/C16H27NO3/c18-15(19)16(6-9-20-10-7-16)12-17-8-5-13-3-1-2-4-14(13)11-17/h13-14H,1-12H2,(H,18,19). The van der Waals surface area contributed by atoms with Crippen LogP contribution in [0.1, 0.15) is 44.9 Å². The largest absolute Gasteiger partial charge is 0.481 e. The number of carboxylic acids is 1. The van der Waals surface area contributed by atoms with Gasteiger partial charge in [-0.2, -0.15) is 0 Å². The molecule has 4 heteroatoms. The molecular formula is C16H27NO3. The molecule has 1 saturated carbocycles. The summed E-state index contributed by atoms with van der Waals surface area (Å²) >= 11 is 0. The van der Waals surface area contributed by atoms with Crippen LogP contribution in [0.5, 0.6) is 0 Å². The highest BCUT2D eigenvalue weighted by Crippen LogP contribution is 2.38. The molecule has 1 N–H and O–H groups in total. The van der Waals surface area contributed by atoms with Gasteiger partial charge < -0.3 is 14.7 Å². The second-order valence-electron chi connectivity index (χ2n) is 7.03. The molecule has 114 valence electrons. The van der Waals surface area contributed by atoms with Crippen LogP contribution in [0.3, 0.4) is 0 Å². The maximum Gasteiger partial charge on any atom is 0.311 e. The van der Waals surface area contributed by atoms with Gasteiger partial charge in [0.05, 0.1) is 5.41 Å². The number of ether oxygens (including phenoxy) is 1. The van der Waals surface area contributed by atoms with Gasteiger partial charge in [-0.15, -0.1) is 0 Å². The lowest BCUT2D eigenvalue weighted by molar-refractivity contribution is -0.157. The third kappa shape index (κ3) is 2.86. The van der Waals surface area contributed by atoms with Crippen molar-refractivity contribution in [2.45, 2.75) is 44.9 Å². The van der Waals surface area contributed by atoms with E-state index < -0.39 is 11.4 Å². The van der Waals surface area contributed by atoms with E-state index >= 15 is 0 Å². The smallest absolute Gasteiger partial charge is 0.311 e. The third-order valence-electron chi connectivity index (χ3n) is 5.81. The van der Waals surface area contributed by atoms with E-state index in [9.17, 15) is 9.90 Å². The number of carboxylic acid groups (broad SMARTS) is 1. The van der Waals surface area contributed by atoms with Gasteiger partial charge in [-0.05, 0) is 44.1 Å². The predicted molar refractivity (Wildman–Crippen MR) is 76.6 cm³/mol. The fourth-order valence-electron chi connectivity index (χ4n) is 4.45. The quantitative estimate of drug-likeness (QED) is 0.863. The first kappa shape index (κ1) is 14.3. The molecule has 0 radical (unpaired) electrons. The minimum atomic E-state index is -0.619. The molecule has 20 heavy (non-hydrogen) atoms. The van der Waals surface area contributed by atoms with Crippen LogP contribution in [0.15, 0.2) is 0 Å². The van der Waals surface area contributed by atoms with Gasteiger partial charge in [0.2, 0.25) is 0 Å². The molecule has 0 amide bonds. The van der Waals surface area contributed by atoms with Crippen LogP contribution in [0, 0.1) is 17.3 Å². The number of nitrogens with zero attached hydrogens (tertiary/aromatic N) is 1. The van der Waals surface area contributed by atoms with Gasteiger partial charge in [-0.25, -0.2) is 0 Å². The molecule has 0 aromatic heterocycles. The summed E-state index contributed by atoms with van der Waals surface area (Å²) in [7, 11) is 0. The molecule has 3 rings (SSSR count). The Morgan fingerprint density at radius 3 is 2.55 bits per heavy atom. The van der Waals surface area contributed by atoms with E-state index in [2.05, 4.69) is 4.90 Å². The average molecular weight is 281 g/mol. The first-order valence-electron chi connectivity index (χ1n) is 8.23. The SMILES string of the molecule is O=C(O)C1(CN2CCC3CCCCC3C2)CCOCC1. The Bertz CT molecular complexity index is 352. The van der Waals surface area contributed by atoms with Crippen LogP contribution >= 0.6 is 0 Å². The van der Waals surface area contributed by atoms with Gasteiger partial charge in [-0.3, -0.25) is 4.79 Å². The number of piperidine rings is 1. The molecule has 3 aliphatic rings. The second kappa shape index (κ2) is 6.02. The number of likely N-dealkylation sites (tertiary alicyclic amines) is 1. The van der Waals surface area contributed by atoms with E-state index in [1.54, 1.807) is 0 Å². The number of hydrogen-bond acceptors (Lipinski definition) is 3. The van der Waals surface area contributed by atoms with Crippen LogP contribution in [-0.2, 0) is 9.53 Å². The lowest BCUT2D eigenvalue weighted by atomic mass is 9.73. The van der Waals surface area contributed by atoms with Crippen LogP contribution in [0.25, 0.3) is 0 Å². The topological polar surface area (TPSA) is 49.8 Å². The van der Waals surface area contributed by atoms with Crippen molar-refractivity contribution in [1.82, 2.24) is 4.90 Å². The molecule has 4 nitrogen and oxygen atoms in total. The van der Waals surface area contributed by atoms with Crippen molar-refractivity contribution in [1.29, 1.82) is 0 Å². The number of hydrogen-bond donors (Lipinski definition) is 1. The summed E-state index contributed by atoms with van der Waals surface area (Å²) in [5, 5.41) is 9.67. The van der Waals surface area contributed by atoms with Crippen molar-refractivity contribution in [3.63, 3.8) is 0 Å². The number of rotatable bonds is 3.